The van der Waals surface area contributed by atoms with E-state index in [1.807, 2.05) is 32.0 Å². The van der Waals surface area contributed by atoms with Crippen molar-refractivity contribution in [3.05, 3.63) is 142 Å². The molecular weight excluding hydrogens is 454 g/mol. The molecule has 0 saturated heterocycles. The van der Waals surface area contributed by atoms with Crippen molar-refractivity contribution in [3.8, 4) is 0 Å². The highest BCUT2D eigenvalue weighted by molar-refractivity contribution is 5.86. The van der Waals surface area contributed by atoms with Gasteiger partial charge in [0.15, 0.2) is 0 Å². The maximum atomic E-state index is 13.4. The van der Waals surface area contributed by atoms with E-state index in [9.17, 15) is 4.79 Å². The molecule has 3 heteroatoms. The van der Waals surface area contributed by atoms with Crippen LogP contribution >= 0.6 is 0 Å². The molecule has 0 fully saturated rings. The van der Waals surface area contributed by atoms with Crippen LogP contribution in [0.5, 0.6) is 0 Å². The Bertz CT molecular complexity index is 1480. The van der Waals surface area contributed by atoms with Crippen LogP contribution in [0.25, 0.3) is 5.57 Å². The molecule has 0 saturated carbocycles. The van der Waals surface area contributed by atoms with Crippen LogP contribution in [0, 0.1) is 19.3 Å². The van der Waals surface area contributed by atoms with Gasteiger partial charge >= 0.3 is 6.09 Å². The van der Waals surface area contributed by atoms with Crippen LogP contribution in [-0.2, 0) is 24.0 Å². The van der Waals surface area contributed by atoms with Gasteiger partial charge in [-0.1, -0.05) is 91.0 Å². The predicted octanol–water partition coefficient (Wildman–Crippen LogP) is 8.02. The average molecular weight is 486 g/mol. The van der Waals surface area contributed by atoms with E-state index in [0.717, 1.165) is 41.6 Å². The number of hydrogen-bond acceptors (Lipinski definition) is 2. The second-order valence-corrected chi connectivity index (χ2v) is 10.5. The second kappa shape index (κ2) is 9.40. The van der Waals surface area contributed by atoms with E-state index in [0.29, 0.717) is 0 Å². The largest absolute Gasteiger partial charge is 0.440 e. The molecule has 0 bridgehead atoms. The Kier molecular flexibility index (Phi) is 5.92. The minimum atomic E-state index is -0.420. The topological polar surface area (TPSA) is 38.3 Å². The monoisotopic (exact) mass is 485 g/mol. The Balaban J connectivity index is 1.43. The molecule has 4 aromatic carbocycles. The summed E-state index contributed by atoms with van der Waals surface area (Å²) >= 11 is 0. The lowest BCUT2D eigenvalue weighted by Gasteiger charge is -2.37. The van der Waals surface area contributed by atoms with Gasteiger partial charge in [-0.25, -0.2) is 4.79 Å². The number of rotatable bonds is 5. The van der Waals surface area contributed by atoms with Crippen LogP contribution in [0.3, 0.4) is 0 Å². The summed E-state index contributed by atoms with van der Waals surface area (Å²) in [5, 5.41) is 3.01. The summed E-state index contributed by atoms with van der Waals surface area (Å²) in [4.78, 5) is 13.4. The van der Waals surface area contributed by atoms with Crippen molar-refractivity contribution in [1.82, 2.24) is 0 Å². The van der Waals surface area contributed by atoms with Crippen molar-refractivity contribution in [2.45, 2.75) is 39.2 Å². The molecule has 0 aliphatic heterocycles. The molecule has 2 unspecified atom stereocenters. The van der Waals surface area contributed by atoms with Gasteiger partial charge in [-0.05, 0) is 89.8 Å². The fourth-order valence-electron chi connectivity index (χ4n) is 6.36. The van der Waals surface area contributed by atoms with E-state index in [1.54, 1.807) is 0 Å². The number of fused-ring (bicyclic) bond motifs is 2. The van der Waals surface area contributed by atoms with E-state index in [-0.39, 0.29) is 0 Å². The first-order valence-electron chi connectivity index (χ1n) is 13.0. The molecule has 0 aromatic heterocycles. The molecule has 0 heterocycles. The maximum Gasteiger partial charge on any atom is 0.412 e. The number of allylic oxidation sites excluding steroid dienone is 1. The SMILES string of the molecule is Cc1cc(C)cc(NC(=O)OC2c3ccccc3CC2(Cc2ccccc2)C2=CCc3ccccc32)c1. The van der Waals surface area contributed by atoms with E-state index in [4.69, 9.17) is 4.74 Å². The van der Waals surface area contributed by atoms with E-state index < -0.39 is 17.6 Å². The number of ether oxygens (including phenoxy) is 1. The molecule has 184 valence electrons. The smallest absolute Gasteiger partial charge is 0.412 e. The number of anilines is 1. The fourth-order valence-corrected chi connectivity index (χ4v) is 6.36. The Morgan fingerprint density at radius 2 is 1.54 bits per heavy atom. The number of aryl methyl sites for hydroxylation is 2. The minimum Gasteiger partial charge on any atom is -0.440 e. The molecule has 0 radical (unpaired) electrons. The molecule has 2 atom stereocenters. The predicted molar refractivity (Wildman–Crippen MR) is 150 cm³/mol. The summed E-state index contributed by atoms with van der Waals surface area (Å²) in [5.74, 6) is 0. The zero-order valence-corrected chi connectivity index (χ0v) is 21.3. The van der Waals surface area contributed by atoms with Crippen LogP contribution in [0.15, 0.2) is 103 Å². The summed E-state index contributed by atoms with van der Waals surface area (Å²) in [7, 11) is 0. The van der Waals surface area contributed by atoms with Crippen LogP contribution in [0.4, 0.5) is 10.5 Å². The third kappa shape index (κ3) is 4.35. The Labute approximate surface area is 218 Å². The second-order valence-electron chi connectivity index (χ2n) is 10.5. The quantitative estimate of drug-likeness (QED) is 0.311. The number of nitrogens with one attached hydrogen (secondary N) is 1. The molecule has 6 rings (SSSR count). The Morgan fingerprint density at radius 1 is 0.865 bits per heavy atom. The number of carbonyl (C=O) groups excluding carboxylic acids is 1. The number of benzene rings is 4. The van der Waals surface area contributed by atoms with Gasteiger partial charge in [-0.15, -0.1) is 0 Å². The first-order valence-corrected chi connectivity index (χ1v) is 13.0. The van der Waals surface area contributed by atoms with Crippen molar-refractivity contribution in [3.63, 3.8) is 0 Å². The van der Waals surface area contributed by atoms with E-state index in [2.05, 4.69) is 90.3 Å². The van der Waals surface area contributed by atoms with Crippen molar-refractivity contribution in [2.75, 3.05) is 5.32 Å². The molecule has 1 N–H and O–H groups in total. The van der Waals surface area contributed by atoms with Crippen LogP contribution in [0.1, 0.15) is 45.0 Å². The van der Waals surface area contributed by atoms with Crippen molar-refractivity contribution in [1.29, 1.82) is 0 Å². The molecule has 1 amide bonds. The first kappa shape index (κ1) is 23.3. The lowest BCUT2D eigenvalue weighted by atomic mass is 9.69. The van der Waals surface area contributed by atoms with E-state index >= 15 is 0 Å². The van der Waals surface area contributed by atoms with Crippen LogP contribution in [-0.4, -0.2) is 6.09 Å². The standard InChI is InChI=1S/C34H31NO2/c1-23-18-24(2)20-28(19-23)35-33(36)37-32-30-15-9-7-13-27(30)22-34(32,21-25-10-4-3-5-11-25)31-17-16-26-12-6-8-14-29(26)31/h3-15,17-20,32H,16,21-22H2,1-2H3,(H,35,36). The maximum absolute atomic E-state index is 13.4. The van der Waals surface area contributed by atoms with Crippen LogP contribution < -0.4 is 5.32 Å². The number of amides is 1. The minimum absolute atomic E-state index is 0.405. The molecule has 4 aromatic rings. The molecule has 0 spiro atoms. The normalized spacial score (nSPS) is 19.6. The van der Waals surface area contributed by atoms with Gasteiger partial charge in [-0.2, -0.15) is 0 Å². The lowest BCUT2D eigenvalue weighted by Crippen LogP contribution is -2.34. The number of carbonyl (C=O) groups is 1. The van der Waals surface area contributed by atoms with Crippen molar-refractivity contribution in [2.24, 2.45) is 5.41 Å². The zero-order chi connectivity index (χ0) is 25.4. The molecule has 2 aliphatic rings. The van der Waals surface area contributed by atoms with Gasteiger partial charge in [0.2, 0.25) is 0 Å². The summed E-state index contributed by atoms with van der Waals surface area (Å²) in [5.41, 5.74) is 10.0. The zero-order valence-electron chi connectivity index (χ0n) is 21.3. The van der Waals surface area contributed by atoms with Gasteiger partial charge in [-0.3, -0.25) is 5.32 Å². The first-order chi connectivity index (χ1) is 18.0. The van der Waals surface area contributed by atoms with Gasteiger partial charge in [0, 0.05) is 11.1 Å². The van der Waals surface area contributed by atoms with Crippen molar-refractivity contribution < 1.29 is 9.53 Å². The Morgan fingerprint density at radius 3 is 2.32 bits per heavy atom. The highest BCUT2D eigenvalue weighted by Gasteiger charge is 2.52. The van der Waals surface area contributed by atoms with Crippen LogP contribution in [0.2, 0.25) is 0 Å². The third-order valence-electron chi connectivity index (χ3n) is 7.77. The Hall–Kier alpha value is -4.11. The van der Waals surface area contributed by atoms with E-state index in [1.165, 1.54) is 27.8 Å². The van der Waals surface area contributed by atoms with Gasteiger partial charge in [0.05, 0.1) is 0 Å². The lowest BCUT2D eigenvalue weighted by molar-refractivity contribution is 0.0526. The highest BCUT2D eigenvalue weighted by atomic mass is 16.6. The van der Waals surface area contributed by atoms with Gasteiger partial charge < -0.3 is 4.74 Å². The number of hydrogen-bond donors (Lipinski definition) is 1. The van der Waals surface area contributed by atoms with Gasteiger partial charge in [0.25, 0.3) is 0 Å². The summed E-state index contributed by atoms with van der Waals surface area (Å²) < 4.78 is 6.45. The highest BCUT2D eigenvalue weighted by Crippen LogP contribution is 2.58. The fraction of sp³-hybridized carbons (Fsp3) is 0.206. The molecule has 37 heavy (non-hydrogen) atoms. The summed E-state index contributed by atoms with van der Waals surface area (Å²) in [6, 6.07) is 33.7. The van der Waals surface area contributed by atoms with Gasteiger partial charge in [0.1, 0.15) is 6.10 Å². The third-order valence-corrected chi connectivity index (χ3v) is 7.77. The average Bonchev–Trinajstić information content (AvgIpc) is 3.44. The molecule has 3 nitrogen and oxygen atoms in total. The van der Waals surface area contributed by atoms with Crippen molar-refractivity contribution >= 4 is 17.4 Å². The molecule has 2 aliphatic carbocycles. The molecular formula is C34H31NO2. The summed E-state index contributed by atoms with van der Waals surface area (Å²) in [6.07, 6.45) is 4.03. The summed E-state index contributed by atoms with van der Waals surface area (Å²) in [6.45, 7) is 4.07.